The summed E-state index contributed by atoms with van der Waals surface area (Å²) in [6.45, 7) is 2.31. The number of amides is 1. The van der Waals surface area contributed by atoms with Gasteiger partial charge in [-0.3, -0.25) is 4.79 Å². The molecule has 2 fully saturated rings. The van der Waals surface area contributed by atoms with Gasteiger partial charge in [-0.15, -0.1) is 0 Å². The Labute approximate surface area is 135 Å². The highest BCUT2D eigenvalue weighted by Gasteiger charge is 2.37. The largest absolute Gasteiger partial charge is 0.488 e. The molecule has 23 heavy (non-hydrogen) atoms. The molecule has 122 valence electrons. The summed E-state index contributed by atoms with van der Waals surface area (Å²) in [6.07, 6.45) is 4.73. The standard InChI is InChI=1S/C18H21NO4/c20-17(14-11-13-5-1-2-7-16(13)23-12-14)19-8-4-3-6-15(19)18-21-9-10-22-18/h1-2,5,7,11,15,18H,3-4,6,8-10,12H2. The number of ether oxygens (including phenoxy) is 3. The lowest BCUT2D eigenvalue weighted by Crippen LogP contribution is -2.51. The fraction of sp³-hybridized carbons (Fsp3) is 0.500. The number of hydrogen-bond donors (Lipinski definition) is 0. The van der Waals surface area contributed by atoms with Crippen LogP contribution >= 0.6 is 0 Å². The molecule has 0 N–H and O–H groups in total. The quantitative estimate of drug-likeness (QED) is 0.839. The molecule has 0 aromatic heterocycles. The van der Waals surface area contributed by atoms with Crippen molar-refractivity contribution in [1.29, 1.82) is 0 Å². The van der Waals surface area contributed by atoms with Gasteiger partial charge in [-0.1, -0.05) is 18.2 Å². The van der Waals surface area contributed by atoms with Crippen molar-refractivity contribution in [2.45, 2.75) is 31.6 Å². The minimum Gasteiger partial charge on any atom is -0.488 e. The maximum Gasteiger partial charge on any atom is 0.253 e. The van der Waals surface area contributed by atoms with E-state index in [0.717, 1.165) is 37.1 Å². The summed E-state index contributed by atoms with van der Waals surface area (Å²) in [7, 11) is 0. The molecule has 1 aromatic rings. The molecular weight excluding hydrogens is 294 g/mol. The molecule has 5 nitrogen and oxygen atoms in total. The number of benzene rings is 1. The molecule has 2 saturated heterocycles. The van der Waals surface area contributed by atoms with Crippen LogP contribution in [-0.2, 0) is 14.3 Å². The molecule has 1 amide bonds. The van der Waals surface area contributed by atoms with Gasteiger partial charge in [0.15, 0.2) is 6.29 Å². The van der Waals surface area contributed by atoms with Crippen molar-refractivity contribution in [1.82, 2.24) is 4.90 Å². The lowest BCUT2D eigenvalue weighted by molar-refractivity contribution is -0.147. The van der Waals surface area contributed by atoms with Gasteiger partial charge in [0.2, 0.25) is 0 Å². The van der Waals surface area contributed by atoms with E-state index in [1.807, 2.05) is 35.2 Å². The van der Waals surface area contributed by atoms with Gasteiger partial charge in [-0.05, 0) is 31.4 Å². The van der Waals surface area contributed by atoms with Crippen LogP contribution in [0.3, 0.4) is 0 Å². The van der Waals surface area contributed by atoms with Crippen molar-refractivity contribution in [3.8, 4) is 5.75 Å². The van der Waals surface area contributed by atoms with Gasteiger partial charge in [0, 0.05) is 12.1 Å². The highest BCUT2D eigenvalue weighted by molar-refractivity contribution is 5.99. The smallest absolute Gasteiger partial charge is 0.253 e. The zero-order chi connectivity index (χ0) is 15.6. The molecule has 1 unspecified atom stereocenters. The van der Waals surface area contributed by atoms with E-state index in [2.05, 4.69) is 0 Å². The monoisotopic (exact) mass is 315 g/mol. The molecule has 0 radical (unpaired) electrons. The van der Waals surface area contributed by atoms with Crippen LogP contribution in [-0.4, -0.2) is 49.5 Å². The maximum atomic E-state index is 13.0. The Kier molecular flexibility index (Phi) is 4.06. The number of carbonyl (C=O) groups excluding carboxylic acids is 1. The van der Waals surface area contributed by atoms with Crippen LogP contribution in [0.5, 0.6) is 5.75 Å². The maximum absolute atomic E-state index is 13.0. The Hall–Kier alpha value is -1.85. The molecule has 0 saturated carbocycles. The number of rotatable bonds is 2. The average molecular weight is 315 g/mol. The van der Waals surface area contributed by atoms with Crippen LogP contribution in [0.25, 0.3) is 6.08 Å². The summed E-state index contributed by atoms with van der Waals surface area (Å²) >= 11 is 0. The minimum absolute atomic E-state index is 0.0109. The van der Waals surface area contributed by atoms with E-state index in [1.165, 1.54) is 0 Å². The SMILES string of the molecule is O=C(C1=Cc2ccccc2OC1)N1CCCCC1C1OCCO1. The van der Waals surface area contributed by atoms with Crippen molar-refractivity contribution in [2.75, 3.05) is 26.4 Å². The van der Waals surface area contributed by atoms with Gasteiger partial charge >= 0.3 is 0 Å². The van der Waals surface area contributed by atoms with Crippen LogP contribution in [0.15, 0.2) is 29.8 Å². The first-order valence-corrected chi connectivity index (χ1v) is 8.29. The van der Waals surface area contributed by atoms with Crippen molar-refractivity contribution in [3.63, 3.8) is 0 Å². The lowest BCUT2D eigenvalue weighted by Gasteiger charge is -2.38. The average Bonchev–Trinajstić information content (AvgIpc) is 3.15. The topological polar surface area (TPSA) is 48.0 Å². The molecule has 0 bridgehead atoms. The summed E-state index contributed by atoms with van der Waals surface area (Å²) in [5, 5.41) is 0. The summed E-state index contributed by atoms with van der Waals surface area (Å²) in [6, 6.07) is 7.80. The number of piperidine rings is 1. The fourth-order valence-corrected chi connectivity index (χ4v) is 3.52. The van der Waals surface area contributed by atoms with E-state index < -0.39 is 0 Å². The lowest BCUT2D eigenvalue weighted by atomic mass is 9.99. The zero-order valence-corrected chi connectivity index (χ0v) is 13.1. The van der Waals surface area contributed by atoms with E-state index in [1.54, 1.807) is 0 Å². The highest BCUT2D eigenvalue weighted by atomic mass is 16.7. The normalized spacial score (nSPS) is 24.8. The number of likely N-dealkylation sites (tertiary alicyclic amines) is 1. The van der Waals surface area contributed by atoms with Gasteiger partial charge in [-0.2, -0.15) is 0 Å². The van der Waals surface area contributed by atoms with Crippen LogP contribution in [0.4, 0.5) is 0 Å². The summed E-state index contributed by atoms with van der Waals surface area (Å²) < 4.78 is 17.0. The van der Waals surface area contributed by atoms with Crippen LogP contribution in [0, 0.1) is 0 Å². The Morgan fingerprint density at radius 1 is 1.13 bits per heavy atom. The first kappa shape index (κ1) is 14.7. The second-order valence-corrected chi connectivity index (χ2v) is 6.17. The molecule has 3 heterocycles. The van der Waals surface area contributed by atoms with E-state index in [4.69, 9.17) is 14.2 Å². The molecule has 0 aliphatic carbocycles. The third kappa shape index (κ3) is 2.86. The third-order valence-electron chi connectivity index (χ3n) is 4.68. The van der Waals surface area contributed by atoms with Crippen LogP contribution in [0.2, 0.25) is 0 Å². The number of para-hydroxylation sites is 1. The number of hydrogen-bond acceptors (Lipinski definition) is 4. The Bertz CT molecular complexity index is 621. The van der Waals surface area contributed by atoms with Crippen LogP contribution < -0.4 is 4.74 Å². The van der Waals surface area contributed by atoms with Crippen molar-refractivity contribution in [3.05, 3.63) is 35.4 Å². The Morgan fingerprint density at radius 3 is 2.83 bits per heavy atom. The van der Waals surface area contributed by atoms with Gasteiger partial charge in [0.25, 0.3) is 5.91 Å². The summed E-state index contributed by atoms with van der Waals surface area (Å²) in [5.41, 5.74) is 1.66. The molecule has 0 spiro atoms. The molecule has 1 aromatic carbocycles. The zero-order valence-electron chi connectivity index (χ0n) is 13.1. The number of nitrogens with zero attached hydrogens (tertiary/aromatic N) is 1. The van der Waals surface area contributed by atoms with Crippen LogP contribution in [0.1, 0.15) is 24.8 Å². The van der Waals surface area contributed by atoms with E-state index in [-0.39, 0.29) is 18.2 Å². The van der Waals surface area contributed by atoms with E-state index in [0.29, 0.717) is 25.4 Å². The van der Waals surface area contributed by atoms with Crippen molar-refractivity contribution in [2.24, 2.45) is 0 Å². The third-order valence-corrected chi connectivity index (χ3v) is 4.68. The highest BCUT2D eigenvalue weighted by Crippen LogP contribution is 2.30. The summed E-state index contributed by atoms with van der Waals surface area (Å²) in [4.78, 5) is 14.9. The van der Waals surface area contributed by atoms with Gasteiger partial charge in [0.1, 0.15) is 12.4 Å². The Balaban J connectivity index is 1.56. The van der Waals surface area contributed by atoms with Crippen molar-refractivity contribution < 1.29 is 19.0 Å². The second kappa shape index (κ2) is 6.34. The predicted octanol–water partition coefficient (Wildman–Crippen LogP) is 2.22. The van der Waals surface area contributed by atoms with Crippen molar-refractivity contribution >= 4 is 12.0 Å². The van der Waals surface area contributed by atoms with Gasteiger partial charge in [0.05, 0.1) is 24.8 Å². The fourth-order valence-electron chi connectivity index (χ4n) is 3.52. The molecule has 5 heteroatoms. The van der Waals surface area contributed by atoms with E-state index in [9.17, 15) is 4.79 Å². The first-order chi connectivity index (χ1) is 11.3. The first-order valence-electron chi connectivity index (χ1n) is 8.29. The van der Waals surface area contributed by atoms with E-state index >= 15 is 0 Å². The number of carbonyl (C=O) groups is 1. The predicted molar refractivity (Wildman–Crippen MR) is 85.0 cm³/mol. The molecule has 3 aliphatic rings. The molecular formula is C18H21NO4. The molecule has 4 rings (SSSR count). The molecule has 1 atom stereocenters. The number of fused-ring (bicyclic) bond motifs is 1. The molecule has 3 aliphatic heterocycles. The van der Waals surface area contributed by atoms with Gasteiger partial charge < -0.3 is 19.1 Å². The summed E-state index contributed by atoms with van der Waals surface area (Å²) in [5.74, 6) is 0.880. The second-order valence-electron chi connectivity index (χ2n) is 6.17. The van der Waals surface area contributed by atoms with Gasteiger partial charge in [-0.25, -0.2) is 0 Å². The Morgan fingerprint density at radius 2 is 1.96 bits per heavy atom. The minimum atomic E-state index is -0.281.